The first-order valence-electron chi connectivity index (χ1n) is 7.97. The SMILES string of the molecule is CC(C)c1ccc(O)c(C(=O)NNC(=O)c2c[nH]c3ccccc23)c1. The molecule has 0 aliphatic rings. The lowest BCUT2D eigenvalue weighted by atomic mass is 10.00. The summed E-state index contributed by atoms with van der Waals surface area (Å²) in [5, 5.41) is 10.7. The van der Waals surface area contributed by atoms with E-state index in [1.165, 1.54) is 6.07 Å². The molecule has 0 saturated carbocycles. The van der Waals surface area contributed by atoms with Crippen LogP contribution in [0.15, 0.2) is 48.7 Å². The van der Waals surface area contributed by atoms with E-state index in [1.807, 2.05) is 38.1 Å². The second-order valence-corrected chi connectivity index (χ2v) is 6.09. The highest BCUT2D eigenvalue weighted by Crippen LogP contribution is 2.23. The lowest BCUT2D eigenvalue weighted by Crippen LogP contribution is -2.41. The first kappa shape index (κ1) is 16.6. The highest BCUT2D eigenvalue weighted by atomic mass is 16.3. The molecule has 0 aliphatic carbocycles. The van der Waals surface area contributed by atoms with E-state index in [2.05, 4.69) is 15.8 Å². The maximum absolute atomic E-state index is 12.3. The molecule has 2 aromatic carbocycles. The fraction of sp³-hybridized carbons (Fsp3) is 0.158. The van der Waals surface area contributed by atoms with E-state index in [4.69, 9.17) is 0 Å². The van der Waals surface area contributed by atoms with Gasteiger partial charge in [-0.25, -0.2) is 0 Å². The van der Waals surface area contributed by atoms with Gasteiger partial charge in [-0.3, -0.25) is 20.4 Å². The lowest BCUT2D eigenvalue weighted by molar-refractivity contribution is 0.0846. The van der Waals surface area contributed by atoms with E-state index < -0.39 is 11.8 Å². The molecule has 0 radical (unpaired) electrons. The van der Waals surface area contributed by atoms with Gasteiger partial charge in [0.25, 0.3) is 11.8 Å². The smallest absolute Gasteiger partial charge is 0.273 e. The third-order valence-corrected chi connectivity index (χ3v) is 4.06. The fourth-order valence-electron chi connectivity index (χ4n) is 2.60. The van der Waals surface area contributed by atoms with E-state index in [1.54, 1.807) is 18.3 Å². The number of nitrogens with one attached hydrogen (secondary N) is 3. The van der Waals surface area contributed by atoms with Crippen molar-refractivity contribution in [1.82, 2.24) is 15.8 Å². The molecule has 0 aliphatic heterocycles. The molecule has 0 saturated heterocycles. The van der Waals surface area contributed by atoms with E-state index in [9.17, 15) is 14.7 Å². The van der Waals surface area contributed by atoms with Gasteiger partial charge in [0.05, 0.1) is 11.1 Å². The Morgan fingerprint density at radius 1 is 1.00 bits per heavy atom. The molecule has 3 aromatic rings. The monoisotopic (exact) mass is 337 g/mol. The molecule has 0 unspecified atom stereocenters. The summed E-state index contributed by atoms with van der Waals surface area (Å²) >= 11 is 0. The summed E-state index contributed by atoms with van der Waals surface area (Å²) in [6, 6.07) is 12.2. The molecule has 0 spiro atoms. The van der Waals surface area contributed by atoms with Gasteiger partial charge < -0.3 is 10.1 Å². The number of phenolic OH excluding ortho intramolecular Hbond substituents is 1. The number of fused-ring (bicyclic) bond motifs is 1. The van der Waals surface area contributed by atoms with Gasteiger partial charge in [-0.05, 0) is 29.7 Å². The van der Waals surface area contributed by atoms with Crippen molar-refractivity contribution in [1.29, 1.82) is 0 Å². The van der Waals surface area contributed by atoms with Gasteiger partial charge in [0, 0.05) is 17.1 Å². The van der Waals surface area contributed by atoms with Crippen LogP contribution in [0.25, 0.3) is 10.9 Å². The molecule has 0 bridgehead atoms. The minimum absolute atomic E-state index is 0.116. The first-order valence-corrected chi connectivity index (χ1v) is 7.97. The van der Waals surface area contributed by atoms with Crippen LogP contribution >= 0.6 is 0 Å². The number of phenols is 1. The van der Waals surface area contributed by atoms with Gasteiger partial charge >= 0.3 is 0 Å². The van der Waals surface area contributed by atoms with Crippen LogP contribution in [0.2, 0.25) is 0 Å². The van der Waals surface area contributed by atoms with Gasteiger partial charge in [0.1, 0.15) is 5.75 Å². The highest BCUT2D eigenvalue weighted by molar-refractivity contribution is 6.07. The molecule has 0 atom stereocenters. The number of aromatic amines is 1. The van der Waals surface area contributed by atoms with Crippen LogP contribution < -0.4 is 10.9 Å². The standard InChI is InChI=1S/C19H19N3O3/c1-11(2)12-7-8-17(23)14(9-12)18(24)21-22-19(25)15-10-20-16-6-4-3-5-13(15)16/h3-11,20,23H,1-2H3,(H,21,24)(H,22,25). The van der Waals surface area contributed by atoms with E-state index in [-0.39, 0.29) is 17.2 Å². The van der Waals surface area contributed by atoms with Gasteiger partial charge in [-0.15, -0.1) is 0 Å². The molecule has 6 nitrogen and oxygen atoms in total. The molecule has 128 valence electrons. The Morgan fingerprint density at radius 2 is 1.68 bits per heavy atom. The molecule has 6 heteroatoms. The fourth-order valence-corrected chi connectivity index (χ4v) is 2.60. The van der Waals surface area contributed by atoms with Crippen LogP contribution in [0, 0.1) is 0 Å². The van der Waals surface area contributed by atoms with Crippen molar-refractivity contribution in [3.63, 3.8) is 0 Å². The molecule has 3 rings (SSSR count). The highest BCUT2D eigenvalue weighted by Gasteiger charge is 2.16. The van der Waals surface area contributed by atoms with Gasteiger partial charge in [-0.1, -0.05) is 38.1 Å². The van der Waals surface area contributed by atoms with E-state index in [0.717, 1.165) is 16.5 Å². The molecule has 4 N–H and O–H groups in total. The average Bonchev–Trinajstić information content (AvgIpc) is 3.03. The lowest BCUT2D eigenvalue weighted by Gasteiger charge is -2.11. The largest absolute Gasteiger partial charge is 0.507 e. The third-order valence-electron chi connectivity index (χ3n) is 4.06. The van der Waals surface area contributed by atoms with Crippen LogP contribution in [0.1, 0.15) is 46.0 Å². The summed E-state index contributed by atoms with van der Waals surface area (Å²) in [6.45, 7) is 3.99. The number of H-pyrrole nitrogens is 1. The summed E-state index contributed by atoms with van der Waals surface area (Å²) in [6.07, 6.45) is 1.59. The number of hydrogen-bond acceptors (Lipinski definition) is 3. The van der Waals surface area contributed by atoms with Crippen LogP contribution in [-0.2, 0) is 0 Å². The number of amides is 2. The van der Waals surface area contributed by atoms with E-state index in [0.29, 0.717) is 5.56 Å². The van der Waals surface area contributed by atoms with E-state index >= 15 is 0 Å². The summed E-state index contributed by atoms with van der Waals surface area (Å²) < 4.78 is 0. The van der Waals surface area contributed by atoms with Crippen molar-refractivity contribution in [3.05, 3.63) is 65.4 Å². The van der Waals surface area contributed by atoms with Crippen LogP contribution in [0.5, 0.6) is 5.75 Å². The number of aromatic hydroxyl groups is 1. The number of rotatable bonds is 3. The zero-order valence-corrected chi connectivity index (χ0v) is 14.0. The number of aromatic nitrogens is 1. The third kappa shape index (κ3) is 3.33. The van der Waals surface area contributed by atoms with Crippen molar-refractivity contribution in [2.75, 3.05) is 0 Å². The summed E-state index contributed by atoms with van der Waals surface area (Å²) in [4.78, 5) is 27.6. The molecular formula is C19H19N3O3. The van der Waals surface area contributed by atoms with Gasteiger partial charge in [0.15, 0.2) is 0 Å². The topological polar surface area (TPSA) is 94.2 Å². The average molecular weight is 337 g/mol. The second kappa shape index (κ2) is 6.68. The number of hydrogen-bond donors (Lipinski definition) is 4. The minimum atomic E-state index is -0.576. The predicted molar refractivity (Wildman–Crippen MR) is 95.4 cm³/mol. The summed E-state index contributed by atoms with van der Waals surface area (Å²) in [5.74, 6) is -0.935. The zero-order valence-electron chi connectivity index (χ0n) is 14.0. The van der Waals surface area contributed by atoms with Gasteiger partial charge in [0.2, 0.25) is 0 Å². The van der Waals surface area contributed by atoms with Crippen molar-refractivity contribution in [3.8, 4) is 5.75 Å². The number of para-hydroxylation sites is 1. The zero-order chi connectivity index (χ0) is 18.0. The van der Waals surface area contributed by atoms with Crippen LogP contribution in [0.4, 0.5) is 0 Å². The van der Waals surface area contributed by atoms with Crippen molar-refractivity contribution in [2.24, 2.45) is 0 Å². The normalized spacial score (nSPS) is 10.8. The Kier molecular flexibility index (Phi) is 4.43. The Hall–Kier alpha value is -3.28. The maximum Gasteiger partial charge on any atom is 0.273 e. The van der Waals surface area contributed by atoms with Gasteiger partial charge in [-0.2, -0.15) is 0 Å². The van der Waals surface area contributed by atoms with Crippen molar-refractivity contribution in [2.45, 2.75) is 19.8 Å². The second-order valence-electron chi connectivity index (χ2n) is 6.09. The van der Waals surface area contributed by atoms with Crippen LogP contribution in [0.3, 0.4) is 0 Å². The molecule has 1 heterocycles. The molecule has 1 aromatic heterocycles. The van der Waals surface area contributed by atoms with Crippen LogP contribution in [-0.4, -0.2) is 21.9 Å². The number of carbonyl (C=O) groups is 2. The Balaban J connectivity index is 1.74. The summed E-state index contributed by atoms with van der Waals surface area (Å²) in [7, 11) is 0. The number of hydrazine groups is 1. The first-order chi connectivity index (χ1) is 12.0. The quantitative estimate of drug-likeness (QED) is 0.553. The Bertz CT molecular complexity index is 944. The maximum atomic E-state index is 12.3. The van der Waals surface area contributed by atoms with Crippen molar-refractivity contribution >= 4 is 22.7 Å². The predicted octanol–water partition coefficient (Wildman–Crippen LogP) is 3.07. The summed E-state index contributed by atoms with van der Waals surface area (Å²) in [5.41, 5.74) is 7.03. The molecule has 0 fully saturated rings. The van der Waals surface area contributed by atoms with Crippen molar-refractivity contribution < 1.29 is 14.7 Å². The number of carbonyl (C=O) groups excluding carboxylic acids is 2. The molecule has 2 amide bonds. The number of benzene rings is 2. The Labute approximate surface area is 144 Å². The Morgan fingerprint density at radius 3 is 2.40 bits per heavy atom. The minimum Gasteiger partial charge on any atom is -0.507 e. The molecule has 25 heavy (non-hydrogen) atoms. The molecular weight excluding hydrogens is 318 g/mol.